The molecule has 8 heteroatoms. The molecule has 0 aliphatic rings. The lowest BCUT2D eigenvalue weighted by Gasteiger charge is -2.12. The van der Waals surface area contributed by atoms with Gasteiger partial charge in [-0.3, -0.25) is 0 Å². The minimum atomic E-state index is -3.76. The van der Waals surface area contributed by atoms with Crippen molar-refractivity contribution < 1.29 is 8.42 Å². The van der Waals surface area contributed by atoms with Gasteiger partial charge < -0.3 is 10.3 Å². The van der Waals surface area contributed by atoms with E-state index in [1.54, 1.807) is 24.3 Å². The second-order valence-electron chi connectivity index (χ2n) is 6.82. The van der Waals surface area contributed by atoms with Crippen LogP contribution < -0.4 is 5.73 Å². The summed E-state index contributed by atoms with van der Waals surface area (Å²) in [6, 6.07) is 24.0. The van der Waals surface area contributed by atoms with Crippen molar-refractivity contribution in [2.24, 2.45) is 5.73 Å². The number of benzene rings is 3. The Hall–Kier alpha value is -1.77. The molecular weight excluding hydrogens is 516 g/mol. The Labute approximate surface area is 202 Å². The van der Waals surface area contributed by atoms with E-state index in [1.807, 2.05) is 54.6 Å². The number of fused-ring (bicyclic) bond motifs is 1. The number of halogens is 2. The number of sulfone groups is 1. The number of thioether (sulfide) groups is 1. The van der Waals surface area contributed by atoms with Crippen molar-refractivity contribution >= 4 is 61.1 Å². The normalized spacial score (nSPS) is 11.4. The second-order valence-corrected chi connectivity index (χ2v) is 10.2. The molecule has 162 valence electrons. The second kappa shape index (κ2) is 10.2. The lowest BCUT2D eigenvalue weighted by atomic mass is 10.2. The molecule has 4 aromatic rings. The third-order valence-corrected chi connectivity index (χ3v) is 8.17. The molecule has 1 heterocycles. The Morgan fingerprint density at radius 1 is 0.903 bits per heavy atom. The van der Waals surface area contributed by atoms with Crippen molar-refractivity contribution in [1.82, 2.24) is 4.57 Å². The van der Waals surface area contributed by atoms with Crippen LogP contribution in [-0.4, -0.2) is 25.3 Å². The molecule has 0 atom stereocenters. The van der Waals surface area contributed by atoms with Gasteiger partial charge in [0.05, 0.1) is 15.4 Å². The summed E-state index contributed by atoms with van der Waals surface area (Å²) < 4.78 is 29.5. The summed E-state index contributed by atoms with van der Waals surface area (Å²) in [6.07, 6.45) is 0. The molecular formula is C23H22BrClN2O2S2. The van der Waals surface area contributed by atoms with Crippen molar-refractivity contribution in [3.8, 4) is 0 Å². The third-order valence-electron chi connectivity index (χ3n) is 4.81. The lowest BCUT2D eigenvalue weighted by molar-refractivity contribution is 0.592. The van der Waals surface area contributed by atoms with Gasteiger partial charge in [-0.2, -0.15) is 0 Å². The van der Waals surface area contributed by atoms with Crippen LogP contribution in [0.5, 0.6) is 0 Å². The van der Waals surface area contributed by atoms with Crippen molar-refractivity contribution in [3.05, 3.63) is 89.4 Å². The summed E-state index contributed by atoms with van der Waals surface area (Å²) >= 11 is 7.46. The fraction of sp³-hybridized carbons (Fsp3) is 0.130. The minimum Gasteiger partial charge on any atom is -0.330 e. The molecule has 0 saturated carbocycles. The van der Waals surface area contributed by atoms with Gasteiger partial charge in [-0.1, -0.05) is 60.1 Å². The van der Waals surface area contributed by atoms with Gasteiger partial charge in [0.1, 0.15) is 4.90 Å². The summed E-state index contributed by atoms with van der Waals surface area (Å²) in [4.78, 5) is 0.555. The number of aromatic nitrogens is 1. The van der Waals surface area contributed by atoms with Gasteiger partial charge >= 0.3 is 0 Å². The van der Waals surface area contributed by atoms with Gasteiger partial charge in [-0.25, -0.2) is 8.42 Å². The zero-order chi connectivity index (χ0) is 21.1. The SMILES string of the molecule is Br.NCCSc1c(S(=O)(=O)c2ccc(Cl)cc2)c2ccccc2n1Cc1ccccc1. The van der Waals surface area contributed by atoms with Gasteiger partial charge in [-0.05, 0) is 35.9 Å². The molecule has 0 aliphatic carbocycles. The first-order valence-electron chi connectivity index (χ1n) is 9.51. The first-order chi connectivity index (χ1) is 14.5. The summed E-state index contributed by atoms with van der Waals surface area (Å²) in [6.45, 7) is 1.03. The lowest BCUT2D eigenvalue weighted by Crippen LogP contribution is -2.08. The molecule has 0 unspecified atom stereocenters. The summed E-state index contributed by atoms with van der Waals surface area (Å²) in [5, 5.41) is 1.92. The third kappa shape index (κ3) is 4.86. The maximum atomic E-state index is 13.7. The number of hydrogen-bond acceptors (Lipinski definition) is 4. The van der Waals surface area contributed by atoms with Crippen molar-refractivity contribution in [2.45, 2.75) is 21.4 Å². The fourth-order valence-electron chi connectivity index (χ4n) is 3.46. The number of rotatable bonds is 7. The van der Waals surface area contributed by atoms with E-state index < -0.39 is 9.84 Å². The predicted molar refractivity (Wildman–Crippen MR) is 134 cm³/mol. The molecule has 0 spiro atoms. The van der Waals surface area contributed by atoms with Gasteiger partial charge in [0.15, 0.2) is 0 Å². The number of hydrogen-bond donors (Lipinski definition) is 1. The first kappa shape index (κ1) is 23.9. The summed E-state index contributed by atoms with van der Waals surface area (Å²) in [5.74, 6) is 0.619. The highest BCUT2D eigenvalue weighted by molar-refractivity contribution is 8.93. The van der Waals surface area contributed by atoms with Crippen LogP contribution in [0.25, 0.3) is 10.9 Å². The highest BCUT2D eigenvalue weighted by atomic mass is 79.9. The van der Waals surface area contributed by atoms with Gasteiger partial charge in [0, 0.05) is 29.3 Å². The van der Waals surface area contributed by atoms with Gasteiger partial charge in [0.2, 0.25) is 9.84 Å². The average Bonchev–Trinajstić information content (AvgIpc) is 3.07. The molecule has 4 rings (SSSR count). The highest BCUT2D eigenvalue weighted by Crippen LogP contribution is 2.40. The average molecular weight is 538 g/mol. The van der Waals surface area contributed by atoms with Crippen LogP contribution in [0.2, 0.25) is 5.02 Å². The van der Waals surface area contributed by atoms with E-state index in [4.69, 9.17) is 17.3 Å². The van der Waals surface area contributed by atoms with Crippen LogP contribution in [0.15, 0.2) is 93.7 Å². The Balaban J connectivity index is 0.00000272. The zero-order valence-corrected chi connectivity index (χ0v) is 20.7. The van der Waals surface area contributed by atoms with Crippen LogP contribution in [0, 0.1) is 0 Å². The quantitative estimate of drug-likeness (QED) is 0.302. The first-order valence-corrected chi connectivity index (χ1v) is 12.4. The Morgan fingerprint density at radius 2 is 1.55 bits per heavy atom. The van der Waals surface area contributed by atoms with E-state index >= 15 is 0 Å². The monoisotopic (exact) mass is 536 g/mol. The van der Waals surface area contributed by atoms with Gasteiger partial charge in [-0.15, -0.1) is 28.7 Å². The molecule has 0 aliphatic heterocycles. The van der Waals surface area contributed by atoms with Gasteiger partial charge in [0.25, 0.3) is 0 Å². The van der Waals surface area contributed by atoms with Crippen LogP contribution in [-0.2, 0) is 16.4 Å². The van der Waals surface area contributed by atoms with Crippen molar-refractivity contribution in [1.29, 1.82) is 0 Å². The van der Waals surface area contributed by atoms with Crippen LogP contribution >= 0.6 is 40.3 Å². The molecule has 3 aromatic carbocycles. The van der Waals surface area contributed by atoms with E-state index in [0.717, 1.165) is 11.1 Å². The number of nitrogens with two attached hydrogens (primary N) is 1. The largest absolute Gasteiger partial charge is 0.330 e. The molecule has 0 radical (unpaired) electrons. The molecule has 0 saturated heterocycles. The standard InChI is InChI=1S/C23H21ClN2O2S2.BrH/c24-18-10-12-19(13-11-18)30(27,28)22-20-8-4-5-9-21(20)26(23(22)29-15-14-25)16-17-6-2-1-3-7-17;/h1-13H,14-16,25H2;1H. The van der Waals surface area contributed by atoms with E-state index in [-0.39, 0.29) is 21.9 Å². The van der Waals surface area contributed by atoms with E-state index in [1.165, 1.54) is 11.8 Å². The van der Waals surface area contributed by atoms with Crippen LogP contribution in [0.4, 0.5) is 0 Å². The predicted octanol–water partition coefficient (Wildman–Crippen LogP) is 5.80. The highest BCUT2D eigenvalue weighted by Gasteiger charge is 2.29. The molecule has 1 aromatic heterocycles. The van der Waals surface area contributed by atoms with E-state index in [2.05, 4.69) is 4.57 Å². The van der Waals surface area contributed by atoms with Crippen LogP contribution in [0.3, 0.4) is 0 Å². The zero-order valence-electron chi connectivity index (χ0n) is 16.6. The molecule has 0 amide bonds. The topological polar surface area (TPSA) is 65.1 Å². The summed E-state index contributed by atoms with van der Waals surface area (Å²) in [5.41, 5.74) is 7.75. The molecule has 0 fully saturated rings. The van der Waals surface area contributed by atoms with E-state index in [0.29, 0.717) is 39.2 Å². The number of nitrogens with zero attached hydrogens (tertiary/aromatic N) is 1. The van der Waals surface area contributed by atoms with E-state index in [9.17, 15) is 8.42 Å². The minimum absolute atomic E-state index is 0. The maximum absolute atomic E-state index is 13.7. The molecule has 31 heavy (non-hydrogen) atoms. The summed E-state index contributed by atoms with van der Waals surface area (Å²) in [7, 11) is -3.76. The van der Waals surface area contributed by atoms with Crippen molar-refractivity contribution in [3.63, 3.8) is 0 Å². The maximum Gasteiger partial charge on any atom is 0.209 e. The molecule has 0 bridgehead atoms. The number of para-hydroxylation sites is 1. The van der Waals surface area contributed by atoms with Crippen LogP contribution in [0.1, 0.15) is 5.56 Å². The van der Waals surface area contributed by atoms with Crippen molar-refractivity contribution in [2.75, 3.05) is 12.3 Å². The smallest absolute Gasteiger partial charge is 0.209 e. The molecule has 4 nitrogen and oxygen atoms in total. The fourth-order valence-corrected chi connectivity index (χ4v) is 6.50. The Kier molecular flexibility index (Phi) is 7.88. The Morgan fingerprint density at radius 3 is 2.23 bits per heavy atom. The Bertz CT molecular complexity index is 1270. The molecule has 2 N–H and O–H groups in total.